The number of ether oxygens (including phenoxy) is 1. The molecule has 1 amide bonds. The Kier molecular flexibility index (Phi) is 7.05. The molecule has 3 aromatic heterocycles. The highest BCUT2D eigenvalue weighted by Crippen LogP contribution is 2.31. The van der Waals surface area contributed by atoms with Gasteiger partial charge < -0.3 is 14.7 Å². The number of hydrogen-bond acceptors (Lipinski definition) is 7. The van der Waals surface area contributed by atoms with E-state index >= 15 is 0 Å². The van der Waals surface area contributed by atoms with Crippen LogP contribution in [0.25, 0.3) is 16.7 Å². The van der Waals surface area contributed by atoms with E-state index < -0.39 is 5.60 Å². The summed E-state index contributed by atoms with van der Waals surface area (Å²) >= 11 is 0. The predicted octanol–water partition coefficient (Wildman–Crippen LogP) is 3.11. The molecule has 1 aliphatic carbocycles. The summed E-state index contributed by atoms with van der Waals surface area (Å²) in [6, 6.07) is 11.4. The summed E-state index contributed by atoms with van der Waals surface area (Å²) in [6.07, 6.45) is 8.51. The Morgan fingerprint density at radius 1 is 1.05 bits per heavy atom. The van der Waals surface area contributed by atoms with Gasteiger partial charge in [0.2, 0.25) is 11.8 Å². The zero-order chi connectivity index (χ0) is 27.7. The molecule has 4 aromatic rings. The summed E-state index contributed by atoms with van der Waals surface area (Å²) in [5.74, 6) is 0.339. The molecule has 10 nitrogen and oxygen atoms in total. The predicted molar refractivity (Wildman–Crippen MR) is 144 cm³/mol. The molecule has 2 aliphatic rings. The summed E-state index contributed by atoms with van der Waals surface area (Å²) in [7, 11) is 0. The van der Waals surface area contributed by atoms with Gasteiger partial charge in [-0.25, -0.2) is 19.0 Å². The topological polar surface area (TPSA) is 115 Å². The van der Waals surface area contributed by atoms with E-state index in [2.05, 4.69) is 15.1 Å². The number of amides is 1. The number of likely N-dealkylation sites (tertiary alicyclic amines) is 1. The third kappa shape index (κ3) is 5.33. The number of rotatable bonds is 6. The molecule has 1 saturated carbocycles. The number of halogens is 1. The van der Waals surface area contributed by atoms with E-state index in [9.17, 15) is 19.1 Å². The fourth-order valence-corrected chi connectivity index (χ4v) is 5.72. The van der Waals surface area contributed by atoms with E-state index in [0.717, 1.165) is 25.7 Å². The van der Waals surface area contributed by atoms with Gasteiger partial charge in [0.05, 0.1) is 24.0 Å². The van der Waals surface area contributed by atoms with Crippen LogP contribution in [0, 0.1) is 11.7 Å². The van der Waals surface area contributed by atoms with Gasteiger partial charge in [-0.1, -0.05) is 6.07 Å². The second kappa shape index (κ2) is 10.8. The van der Waals surface area contributed by atoms with Crippen molar-refractivity contribution in [2.24, 2.45) is 5.92 Å². The molecule has 0 radical (unpaired) electrons. The third-order valence-electron chi connectivity index (χ3n) is 8.04. The summed E-state index contributed by atoms with van der Waals surface area (Å²) in [5, 5.41) is 15.9. The van der Waals surface area contributed by atoms with Crippen molar-refractivity contribution in [2.45, 2.75) is 56.8 Å². The lowest BCUT2D eigenvalue weighted by Gasteiger charge is -2.40. The first-order valence-electron chi connectivity index (χ1n) is 13.7. The van der Waals surface area contributed by atoms with Crippen LogP contribution in [0.3, 0.4) is 0 Å². The van der Waals surface area contributed by atoms with E-state index in [0.29, 0.717) is 48.5 Å². The molecule has 6 rings (SSSR count). The average molecular weight is 547 g/mol. The quantitative estimate of drug-likeness (QED) is 0.395. The first kappa shape index (κ1) is 26.1. The molecule has 1 N–H and O–H groups in total. The standard InChI is InChI=1S/C29H31FN6O4/c30-21-6-8-22(9-7-21)36-26-24(17-33-36)28(38)35(19-32-26)18-29(39)12-15-34(16-13-29)27(37)20-4-10-23(11-5-20)40-25-3-1-2-14-31-25/h1-3,6-9,14,17,19-20,23,39H,4-5,10-13,15-16,18H2/t20-,23-. The summed E-state index contributed by atoms with van der Waals surface area (Å²) in [6.45, 7) is 0.952. The van der Waals surface area contributed by atoms with Crippen molar-refractivity contribution in [3.05, 3.63) is 77.4 Å². The molecule has 1 aliphatic heterocycles. The van der Waals surface area contributed by atoms with E-state index in [-0.39, 0.29) is 35.9 Å². The van der Waals surface area contributed by atoms with Crippen LogP contribution in [0.2, 0.25) is 0 Å². The van der Waals surface area contributed by atoms with Gasteiger partial charge >= 0.3 is 0 Å². The number of pyridine rings is 1. The number of piperidine rings is 1. The smallest absolute Gasteiger partial charge is 0.264 e. The highest BCUT2D eigenvalue weighted by Gasteiger charge is 2.37. The van der Waals surface area contributed by atoms with Gasteiger partial charge in [0.1, 0.15) is 23.6 Å². The Morgan fingerprint density at radius 2 is 1.80 bits per heavy atom. The first-order chi connectivity index (χ1) is 19.4. The zero-order valence-corrected chi connectivity index (χ0v) is 22.0. The summed E-state index contributed by atoms with van der Waals surface area (Å²) < 4.78 is 22.2. The van der Waals surface area contributed by atoms with Crippen LogP contribution in [0.5, 0.6) is 5.88 Å². The van der Waals surface area contributed by atoms with E-state index in [1.54, 1.807) is 18.3 Å². The molecule has 1 aromatic carbocycles. The minimum atomic E-state index is -1.13. The molecule has 2 fully saturated rings. The lowest BCUT2D eigenvalue weighted by Crippen LogP contribution is -2.51. The van der Waals surface area contributed by atoms with E-state index in [1.165, 1.54) is 33.9 Å². The Morgan fingerprint density at radius 3 is 2.50 bits per heavy atom. The minimum Gasteiger partial charge on any atom is -0.474 e. The molecule has 208 valence electrons. The van der Waals surface area contributed by atoms with Crippen LogP contribution in [-0.2, 0) is 11.3 Å². The normalized spacial score (nSPS) is 20.9. The Balaban J connectivity index is 1.05. The van der Waals surface area contributed by atoms with Crippen molar-refractivity contribution in [3.63, 3.8) is 0 Å². The fraction of sp³-hybridized carbons (Fsp3) is 0.414. The van der Waals surface area contributed by atoms with Gasteiger partial charge in [0, 0.05) is 31.3 Å². The van der Waals surface area contributed by atoms with Crippen LogP contribution in [0.4, 0.5) is 4.39 Å². The van der Waals surface area contributed by atoms with Crippen molar-refractivity contribution in [2.75, 3.05) is 13.1 Å². The molecule has 11 heteroatoms. The lowest BCUT2D eigenvalue weighted by molar-refractivity contribution is -0.141. The molecular weight excluding hydrogens is 515 g/mol. The van der Waals surface area contributed by atoms with Gasteiger partial charge in [-0.05, 0) is 68.9 Å². The van der Waals surface area contributed by atoms with E-state index in [1.807, 2.05) is 23.1 Å². The number of carbonyl (C=O) groups is 1. The van der Waals surface area contributed by atoms with Crippen molar-refractivity contribution in [3.8, 4) is 11.6 Å². The molecule has 0 unspecified atom stereocenters. The minimum absolute atomic E-state index is 0.0401. The SMILES string of the molecule is O=c1c2cnn(-c3ccc(F)cc3)c2ncn1CC1(O)CCN(C(=O)[C@H]2CC[C@H](Oc3ccccn3)CC2)CC1. The monoisotopic (exact) mass is 546 g/mol. The van der Waals surface area contributed by atoms with Crippen LogP contribution in [0.15, 0.2) is 66.0 Å². The van der Waals surface area contributed by atoms with Gasteiger partial charge in [-0.15, -0.1) is 0 Å². The van der Waals surface area contributed by atoms with Gasteiger partial charge in [-0.2, -0.15) is 5.10 Å². The molecule has 0 bridgehead atoms. The lowest BCUT2D eigenvalue weighted by atomic mass is 9.85. The van der Waals surface area contributed by atoms with Crippen LogP contribution < -0.4 is 10.3 Å². The number of fused-ring (bicyclic) bond motifs is 1. The molecular formula is C29H31FN6O4. The van der Waals surface area contributed by atoms with Crippen LogP contribution in [0.1, 0.15) is 38.5 Å². The number of benzene rings is 1. The highest BCUT2D eigenvalue weighted by molar-refractivity contribution is 5.79. The maximum Gasteiger partial charge on any atom is 0.264 e. The third-order valence-corrected chi connectivity index (χ3v) is 8.04. The fourth-order valence-electron chi connectivity index (χ4n) is 5.72. The zero-order valence-electron chi connectivity index (χ0n) is 22.0. The van der Waals surface area contributed by atoms with Gasteiger partial charge in [0.15, 0.2) is 5.65 Å². The Hall–Kier alpha value is -4.12. The number of aliphatic hydroxyl groups is 1. The van der Waals surface area contributed by atoms with Gasteiger partial charge in [-0.3, -0.25) is 14.2 Å². The molecule has 0 spiro atoms. The number of aromatic nitrogens is 5. The molecule has 1 saturated heterocycles. The first-order valence-corrected chi connectivity index (χ1v) is 13.7. The van der Waals surface area contributed by atoms with E-state index in [4.69, 9.17) is 4.74 Å². The van der Waals surface area contributed by atoms with Crippen molar-refractivity contribution in [1.29, 1.82) is 0 Å². The van der Waals surface area contributed by atoms with Crippen molar-refractivity contribution < 1.29 is 19.0 Å². The number of carbonyl (C=O) groups excluding carboxylic acids is 1. The molecule has 40 heavy (non-hydrogen) atoms. The van der Waals surface area contributed by atoms with Crippen molar-refractivity contribution in [1.82, 2.24) is 29.2 Å². The summed E-state index contributed by atoms with van der Waals surface area (Å²) in [4.78, 5) is 36.9. The van der Waals surface area contributed by atoms with Crippen LogP contribution in [-0.4, -0.2) is 65.0 Å². The van der Waals surface area contributed by atoms with Crippen LogP contribution >= 0.6 is 0 Å². The highest BCUT2D eigenvalue weighted by atomic mass is 19.1. The Labute approximate surface area is 230 Å². The molecule has 0 atom stereocenters. The number of hydrogen-bond donors (Lipinski definition) is 1. The molecule has 4 heterocycles. The largest absolute Gasteiger partial charge is 0.474 e. The van der Waals surface area contributed by atoms with Crippen molar-refractivity contribution >= 4 is 16.9 Å². The van der Waals surface area contributed by atoms with Gasteiger partial charge in [0.25, 0.3) is 5.56 Å². The summed E-state index contributed by atoms with van der Waals surface area (Å²) in [5.41, 5.74) is -0.488. The Bertz CT molecular complexity index is 1540. The number of nitrogens with zero attached hydrogens (tertiary/aromatic N) is 6. The second-order valence-corrected chi connectivity index (χ2v) is 10.8. The average Bonchev–Trinajstić information content (AvgIpc) is 3.41. The maximum absolute atomic E-state index is 13.3. The maximum atomic E-state index is 13.3. The second-order valence-electron chi connectivity index (χ2n) is 10.8.